The molecule has 11 heteroatoms. The van der Waals surface area contributed by atoms with Crippen molar-refractivity contribution < 1.29 is 31.1 Å². The second kappa shape index (κ2) is 15.9. The highest BCUT2D eigenvalue weighted by atomic mass is 19.4. The van der Waals surface area contributed by atoms with E-state index in [1.165, 1.54) is 6.07 Å². The van der Waals surface area contributed by atoms with Crippen LogP contribution in [0.1, 0.15) is 79.9 Å². The minimum atomic E-state index is -4.83. The van der Waals surface area contributed by atoms with E-state index in [0.29, 0.717) is 6.07 Å². The van der Waals surface area contributed by atoms with Crippen LogP contribution in [0.3, 0.4) is 0 Å². The molecule has 2 N–H and O–H groups in total. The Labute approximate surface area is 192 Å². The Morgan fingerprint density at radius 3 is 1.85 bits per heavy atom. The first-order chi connectivity index (χ1) is 15.4. The largest absolute Gasteiger partial charge is 0.431 e. The van der Waals surface area contributed by atoms with E-state index in [1.807, 2.05) is 55.4 Å². The van der Waals surface area contributed by atoms with E-state index in [4.69, 9.17) is 5.26 Å². The molecule has 0 aliphatic carbocycles. The Bertz CT molecular complexity index is 783. The van der Waals surface area contributed by atoms with E-state index in [-0.39, 0.29) is 5.69 Å². The molecule has 0 saturated carbocycles. The molecular weight excluding hydrogens is 450 g/mol. The number of benzene rings is 1. The third-order valence-electron chi connectivity index (χ3n) is 3.49. The number of amides is 1. The smallest absolute Gasteiger partial charge is 0.324 e. The van der Waals surface area contributed by atoms with Crippen LogP contribution in [0.4, 0.5) is 32.0 Å². The summed E-state index contributed by atoms with van der Waals surface area (Å²) in [6.45, 7) is 17.1. The summed E-state index contributed by atoms with van der Waals surface area (Å²) in [5.41, 5.74) is -3.11. The van der Waals surface area contributed by atoms with Gasteiger partial charge in [-0.2, -0.15) is 36.7 Å². The lowest BCUT2D eigenvalue weighted by atomic mass is 9.95. The van der Waals surface area contributed by atoms with Gasteiger partial charge in [-0.3, -0.25) is 10.2 Å². The zero-order valence-corrected chi connectivity index (χ0v) is 20.5. The van der Waals surface area contributed by atoms with Gasteiger partial charge in [0.05, 0.1) is 17.2 Å². The Morgan fingerprint density at radius 2 is 1.48 bits per heavy atom. The van der Waals surface area contributed by atoms with Gasteiger partial charge in [-0.25, -0.2) is 0 Å². The van der Waals surface area contributed by atoms with Crippen LogP contribution in [0.5, 0.6) is 0 Å². The molecule has 2 rings (SSSR count). The Morgan fingerprint density at radius 1 is 1.00 bits per heavy atom. The van der Waals surface area contributed by atoms with Crippen molar-refractivity contribution in [2.24, 2.45) is 5.10 Å². The monoisotopic (exact) mass is 484 g/mol. The average molecular weight is 485 g/mol. The zero-order chi connectivity index (χ0) is 27.0. The lowest BCUT2D eigenvalue weighted by molar-refractivity contribution is -0.137. The van der Waals surface area contributed by atoms with Crippen molar-refractivity contribution in [3.05, 3.63) is 29.3 Å². The fourth-order valence-corrected chi connectivity index (χ4v) is 2.12. The molecule has 0 saturated heterocycles. The van der Waals surface area contributed by atoms with Gasteiger partial charge in [-0.15, -0.1) is 0 Å². The Kier molecular flexibility index (Phi) is 16.8. The van der Waals surface area contributed by atoms with Crippen LogP contribution in [-0.2, 0) is 11.0 Å². The molecule has 0 radical (unpaired) electrons. The number of carbonyl (C=O) groups excluding carboxylic acids is 1. The van der Waals surface area contributed by atoms with Crippen molar-refractivity contribution in [1.29, 1.82) is 5.26 Å². The summed E-state index contributed by atoms with van der Waals surface area (Å²) >= 11 is 0. The summed E-state index contributed by atoms with van der Waals surface area (Å²) in [4.78, 5) is 12.2. The molecule has 1 amide bonds. The van der Waals surface area contributed by atoms with Crippen LogP contribution in [-0.4, -0.2) is 23.3 Å². The topological polar surface area (TPSA) is 77.3 Å². The summed E-state index contributed by atoms with van der Waals surface area (Å²) in [6, 6.07) is 3.83. The third-order valence-corrected chi connectivity index (χ3v) is 3.49. The van der Waals surface area contributed by atoms with Gasteiger partial charge >= 0.3 is 12.4 Å². The standard InChI is InChI=1S/C14H10F6N4O.4C2H6/c1-12(5-10(23-24-12)14(18,19)20)11(25)22-8-3-2-7(6-21)9(4-8)13(15,16)17;4*1-2/h2-4,24H,5H2,1H3,(H,22,25);4*1-2H3. The van der Waals surface area contributed by atoms with Crippen molar-refractivity contribution >= 4 is 17.3 Å². The number of hydrogen-bond donors (Lipinski definition) is 2. The van der Waals surface area contributed by atoms with E-state index in [2.05, 4.69) is 15.8 Å². The number of halogens is 6. The molecule has 1 heterocycles. The predicted octanol–water partition coefficient (Wildman–Crippen LogP) is 7.29. The molecule has 190 valence electrons. The summed E-state index contributed by atoms with van der Waals surface area (Å²) in [5.74, 6) is -0.992. The number of nitriles is 1. The van der Waals surface area contributed by atoms with E-state index in [1.54, 1.807) is 0 Å². The molecule has 0 spiro atoms. The number of carbonyl (C=O) groups is 1. The quantitative estimate of drug-likeness (QED) is 0.433. The average Bonchev–Trinajstić information content (AvgIpc) is 3.23. The molecular formula is C22H34F6N4O. The Hall–Kier alpha value is -2.77. The maximum absolute atomic E-state index is 12.9. The molecule has 0 bridgehead atoms. The molecule has 33 heavy (non-hydrogen) atoms. The number of alkyl halides is 6. The van der Waals surface area contributed by atoms with Crippen molar-refractivity contribution in [1.82, 2.24) is 5.43 Å². The van der Waals surface area contributed by atoms with Crippen LogP contribution in [0.2, 0.25) is 0 Å². The molecule has 1 aliphatic heterocycles. The molecule has 1 atom stereocenters. The highest BCUT2D eigenvalue weighted by Gasteiger charge is 2.48. The molecule has 1 unspecified atom stereocenters. The summed E-state index contributed by atoms with van der Waals surface area (Å²) in [5, 5.41) is 13.9. The second-order valence-electron chi connectivity index (χ2n) is 5.50. The van der Waals surface area contributed by atoms with Gasteiger partial charge in [0.15, 0.2) is 0 Å². The van der Waals surface area contributed by atoms with Crippen LogP contribution in [0.25, 0.3) is 0 Å². The van der Waals surface area contributed by atoms with Gasteiger partial charge in [-0.1, -0.05) is 55.4 Å². The number of rotatable bonds is 2. The highest BCUT2D eigenvalue weighted by molar-refractivity contribution is 6.04. The molecule has 5 nitrogen and oxygen atoms in total. The van der Waals surface area contributed by atoms with E-state index >= 15 is 0 Å². The predicted molar refractivity (Wildman–Crippen MR) is 120 cm³/mol. The SMILES string of the molecule is CC.CC.CC.CC.CC1(C(=O)Nc2ccc(C#N)c(C(F)(F)F)c2)CC(C(F)(F)F)=NN1. The van der Waals surface area contributed by atoms with Crippen LogP contribution in [0.15, 0.2) is 23.3 Å². The third kappa shape index (κ3) is 10.6. The fraction of sp³-hybridized carbons (Fsp3) is 0.591. The van der Waals surface area contributed by atoms with Crippen molar-refractivity contribution in [3.8, 4) is 6.07 Å². The molecule has 1 aliphatic rings. The maximum atomic E-state index is 12.9. The lowest BCUT2D eigenvalue weighted by Gasteiger charge is -2.23. The van der Waals surface area contributed by atoms with Gasteiger partial charge in [0.25, 0.3) is 5.91 Å². The van der Waals surface area contributed by atoms with Crippen LogP contribution < -0.4 is 10.7 Å². The number of hydrazone groups is 1. The Balaban J connectivity index is -0.00000101. The van der Waals surface area contributed by atoms with E-state index in [0.717, 1.165) is 19.1 Å². The fourth-order valence-electron chi connectivity index (χ4n) is 2.12. The first-order valence-corrected chi connectivity index (χ1v) is 10.7. The zero-order valence-electron chi connectivity index (χ0n) is 20.5. The highest BCUT2D eigenvalue weighted by Crippen LogP contribution is 2.34. The molecule has 1 aromatic rings. The number of nitrogens with zero attached hydrogens (tertiary/aromatic N) is 2. The van der Waals surface area contributed by atoms with Crippen LogP contribution in [0, 0.1) is 11.3 Å². The van der Waals surface area contributed by atoms with E-state index < -0.39 is 47.1 Å². The molecule has 0 aromatic heterocycles. The minimum absolute atomic E-state index is 0.306. The van der Waals surface area contributed by atoms with Crippen LogP contribution >= 0.6 is 0 Å². The first-order valence-electron chi connectivity index (χ1n) is 10.7. The van der Waals surface area contributed by atoms with Gasteiger partial charge < -0.3 is 5.32 Å². The van der Waals surface area contributed by atoms with Crippen molar-refractivity contribution in [3.63, 3.8) is 0 Å². The summed E-state index contributed by atoms with van der Waals surface area (Å²) < 4.78 is 76.5. The molecule has 1 aromatic carbocycles. The van der Waals surface area contributed by atoms with Gasteiger partial charge in [0.1, 0.15) is 11.3 Å². The number of anilines is 1. The van der Waals surface area contributed by atoms with Gasteiger partial charge in [0, 0.05) is 12.1 Å². The summed E-state index contributed by atoms with van der Waals surface area (Å²) in [7, 11) is 0. The van der Waals surface area contributed by atoms with E-state index in [9.17, 15) is 31.1 Å². The maximum Gasteiger partial charge on any atom is 0.431 e. The summed E-state index contributed by atoms with van der Waals surface area (Å²) in [6.07, 6.45) is -10.3. The van der Waals surface area contributed by atoms with Gasteiger partial charge in [-0.05, 0) is 25.1 Å². The van der Waals surface area contributed by atoms with Crippen molar-refractivity contribution in [2.45, 2.75) is 86.6 Å². The number of nitrogens with one attached hydrogen (secondary N) is 2. The molecule has 0 fully saturated rings. The minimum Gasteiger partial charge on any atom is -0.324 e. The van der Waals surface area contributed by atoms with Crippen molar-refractivity contribution in [2.75, 3.05) is 5.32 Å². The second-order valence-corrected chi connectivity index (χ2v) is 5.50. The van der Waals surface area contributed by atoms with Gasteiger partial charge in [0.2, 0.25) is 0 Å². The lowest BCUT2D eigenvalue weighted by Crippen LogP contribution is -2.48. The number of hydrogen-bond acceptors (Lipinski definition) is 4. The first kappa shape index (κ1) is 34.8. The normalized spacial score (nSPS) is 16.2.